The molecule has 7 nitrogen and oxygen atoms in total. The highest BCUT2D eigenvalue weighted by Crippen LogP contribution is 2.33. The number of likely N-dealkylation sites (tertiary alicyclic amines) is 1. The minimum Gasteiger partial charge on any atom is -0.482 e. The van der Waals surface area contributed by atoms with E-state index in [0.717, 1.165) is 5.56 Å². The van der Waals surface area contributed by atoms with E-state index < -0.39 is 5.60 Å². The first-order valence-electron chi connectivity index (χ1n) is 8.94. The molecular weight excluding hydrogens is 346 g/mol. The van der Waals surface area contributed by atoms with Crippen molar-refractivity contribution in [3.05, 3.63) is 54.1 Å². The molecule has 2 aliphatic heterocycles. The maximum atomic E-state index is 12.6. The number of piperidine rings is 1. The quantitative estimate of drug-likeness (QED) is 0.761. The average molecular weight is 367 g/mol. The molecule has 7 heteroatoms. The zero-order chi connectivity index (χ0) is 18.9. The lowest BCUT2D eigenvalue weighted by molar-refractivity contribution is -0.118. The van der Waals surface area contributed by atoms with Gasteiger partial charge < -0.3 is 25.4 Å². The standard InChI is InChI=1S/C20H21N3O4/c24-18-13-27-17-12-15(6-7-16(17)22-18)21-19(25)23-10-8-20(26,9-11-23)14-4-2-1-3-5-14/h1-7,12,26H,8-11,13H2,(H,21,25)(H,22,24). The molecule has 2 heterocycles. The van der Waals surface area contributed by atoms with Crippen LogP contribution in [0.1, 0.15) is 18.4 Å². The Morgan fingerprint density at radius 2 is 1.89 bits per heavy atom. The van der Waals surface area contributed by atoms with Crippen molar-refractivity contribution in [2.45, 2.75) is 18.4 Å². The summed E-state index contributed by atoms with van der Waals surface area (Å²) in [6.45, 7) is 0.901. The first-order chi connectivity index (χ1) is 13.0. The molecule has 0 aliphatic carbocycles. The zero-order valence-electron chi connectivity index (χ0n) is 14.8. The number of fused-ring (bicyclic) bond motifs is 1. The molecule has 0 unspecified atom stereocenters. The molecule has 2 aromatic carbocycles. The van der Waals surface area contributed by atoms with Crippen LogP contribution < -0.4 is 15.4 Å². The van der Waals surface area contributed by atoms with Gasteiger partial charge in [0.05, 0.1) is 11.3 Å². The van der Waals surface area contributed by atoms with Crippen molar-refractivity contribution in [3.8, 4) is 5.75 Å². The summed E-state index contributed by atoms with van der Waals surface area (Å²) in [4.78, 5) is 25.6. The largest absolute Gasteiger partial charge is 0.482 e. The van der Waals surface area contributed by atoms with E-state index in [1.165, 1.54) is 0 Å². The Morgan fingerprint density at radius 1 is 1.15 bits per heavy atom. The third-order valence-electron chi connectivity index (χ3n) is 5.05. The van der Waals surface area contributed by atoms with Crippen LogP contribution in [0.25, 0.3) is 0 Å². The fourth-order valence-corrected chi connectivity index (χ4v) is 3.47. The molecule has 0 radical (unpaired) electrons. The minimum absolute atomic E-state index is 0.0331. The van der Waals surface area contributed by atoms with Gasteiger partial charge in [-0.05, 0) is 30.5 Å². The van der Waals surface area contributed by atoms with Gasteiger partial charge in [0, 0.05) is 24.8 Å². The normalized spacial score (nSPS) is 18.1. The lowest BCUT2D eigenvalue weighted by Gasteiger charge is -2.38. The number of aliphatic hydroxyl groups is 1. The van der Waals surface area contributed by atoms with Gasteiger partial charge in [0.2, 0.25) is 0 Å². The number of nitrogens with zero attached hydrogens (tertiary/aromatic N) is 1. The smallest absolute Gasteiger partial charge is 0.321 e. The molecular formula is C20H21N3O4. The van der Waals surface area contributed by atoms with E-state index >= 15 is 0 Å². The molecule has 140 valence electrons. The van der Waals surface area contributed by atoms with E-state index in [9.17, 15) is 14.7 Å². The van der Waals surface area contributed by atoms with E-state index in [1.54, 1.807) is 23.1 Å². The second-order valence-electron chi connectivity index (χ2n) is 6.86. The highest BCUT2D eigenvalue weighted by atomic mass is 16.5. The summed E-state index contributed by atoms with van der Waals surface area (Å²) in [5.74, 6) is 0.336. The molecule has 4 rings (SSSR count). The molecule has 27 heavy (non-hydrogen) atoms. The molecule has 3 amide bonds. The van der Waals surface area contributed by atoms with Crippen LogP contribution in [-0.2, 0) is 10.4 Å². The van der Waals surface area contributed by atoms with Gasteiger partial charge in [-0.25, -0.2) is 4.79 Å². The van der Waals surface area contributed by atoms with Crippen LogP contribution in [0.2, 0.25) is 0 Å². The number of benzene rings is 2. The highest BCUT2D eigenvalue weighted by molar-refractivity contribution is 5.96. The van der Waals surface area contributed by atoms with Crippen LogP contribution in [0.15, 0.2) is 48.5 Å². The monoisotopic (exact) mass is 367 g/mol. The summed E-state index contributed by atoms with van der Waals surface area (Å²) in [6, 6.07) is 14.5. The summed E-state index contributed by atoms with van der Waals surface area (Å²) >= 11 is 0. The third-order valence-corrected chi connectivity index (χ3v) is 5.05. The minimum atomic E-state index is -0.893. The first kappa shape index (κ1) is 17.4. The number of anilines is 2. The van der Waals surface area contributed by atoms with E-state index in [0.29, 0.717) is 43.1 Å². The molecule has 2 aromatic rings. The van der Waals surface area contributed by atoms with Crippen molar-refractivity contribution < 1.29 is 19.4 Å². The van der Waals surface area contributed by atoms with Crippen LogP contribution in [0, 0.1) is 0 Å². The molecule has 1 fully saturated rings. The van der Waals surface area contributed by atoms with Crippen molar-refractivity contribution in [1.29, 1.82) is 0 Å². The molecule has 1 saturated heterocycles. The summed E-state index contributed by atoms with van der Waals surface area (Å²) in [5, 5.41) is 16.4. The number of rotatable bonds is 2. The third kappa shape index (κ3) is 3.59. The Kier molecular flexibility index (Phi) is 4.45. The predicted octanol–water partition coefficient (Wildman–Crippen LogP) is 2.53. The van der Waals surface area contributed by atoms with E-state index in [1.807, 2.05) is 30.3 Å². The number of carbonyl (C=O) groups excluding carboxylic acids is 2. The summed E-state index contributed by atoms with van der Waals surface area (Å²) in [6.07, 6.45) is 0.980. The first-order valence-corrected chi connectivity index (χ1v) is 8.94. The van der Waals surface area contributed by atoms with Gasteiger partial charge in [0.15, 0.2) is 6.61 Å². The van der Waals surface area contributed by atoms with Crippen molar-refractivity contribution in [2.75, 3.05) is 30.3 Å². The average Bonchev–Trinajstić information content (AvgIpc) is 2.69. The maximum Gasteiger partial charge on any atom is 0.321 e. The number of nitrogens with one attached hydrogen (secondary N) is 2. The number of carbonyl (C=O) groups is 2. The number of urea groups is 1. The second kappa shape index (κ2) is 6.92. The van der Waals surface area contributed by atoms with Crippen molar-refractivity contribution in [3.63, 3.8) is 0 Å². The number of amides is 3. The Labute approximate surface area is 156 Å². The molecule has 0 saturated carbocycles. The second-order valence-corrected chi connectivity index (χ2v) is 6.86. The van der Waals surface area contributed by atoms with Crippen LogP contribution in [-0.4, -0.2) is 41.6 Å². The lowest BCUT2D eigenvalue weighted by Crippen LogP contribution is -2.46. The van der Waals surface area contributed by atoms with Gasteiger partial charge in [0.25, 0.3) is 5.91 Å². The topological polar surface area (TPSA) is 90.9 Å². The van der Waals surface area contributed by atoms with Gasteiger partial charge in [-0.3, -0.25) is 4.79 Å². The molecule has 0 spiro atoms. The Bertz CT molecular complexity index is 861. The predicted molar refractivity (Wildman–Crippen MR) is 101 cm³/mol. The number of hydrogen-bond acceptors (Lipinski definition) is 4. The summed E-state index contributed by atoms with van der Waals surface area (Å²) in [7, 11) is 0. The van der Waals surface area contributed by atoms with Crippen molar-refractivity contribution >= 4 is 23.3 Å². The van der Waals surface area contributed by atoms with E-state index in [4.69, 9.17) is 4.74 Å². The lowest BCUT2D eigenvalue weighted by atomic mass is 9.84. The van der Waals surface area contributed by atoms with Crippen LogP contribution in [0.3, 0.4) is 0 Å². The van der Waals surface area contributed by atoms with Gasteiger partial charge in [0.1, 0.15) is 5.75 Å². The Hall–Kier alpha value is -3.06. The molecule has 0 atom stereocenters. The maximum absolute atomic E-state index is 12.6. The van der Waals surface area contributed by atoms with Gasteiger partial charge in [-0.15, -0.1) is 0 Å². The molecule has 2 aliphatic rings. The number of hydrogen-bond donors (Lipinski definition) is 3. The van der Waals surface area contributed by atoms with Gasteiger partial charge >= 0.3 is 6.03 Å². The molecule has 0 bridgehead atoms. The fraction of sp³-hybridized carbons (Fsp3) is 0.300. The highest BCUT2D eigenvalue weighted by Gasteiger charge is 2.35. The van der Waals surface area contributed by atoms with Gasteiger partial charge in [-0.1, -0.05) is 30.3 Å². The van der Waals surface area contributed by atoms with Crippen LogP contribution in [0.4, 0.5) is 16.2 Å². The van der Waals surface area contributed by atoms with Crippen molar-refractivity contribution in [1.82, 2.24) is 4.90 Å². The zero-order valence-corrected chi connectivity index (χ0v) is 14.8. The molecule has 0 aromatic heterocycles. The Balaban J connectivity index is 1.38. The van der Waals surface area contributed by atoms with E-state index in [-0.39, 0.29) is 18.5 Å². The molecule has 3 N–H and O–H groups in total. The van der Waals surface area contributed by atoms with Crippen LogP contribution in [0.5, 0.6) is 5.75 Å². The summed E-state index contributed by atoms with van der Waals surface area (Å²) < 4.78 is 5.37. The van der Waals surface area contributed by atoms with Crippen molar-refractivity contribution in [2.24, 2.45) is 0 Å². The van der Waals surface area contributed by atoms with Gasteiger partial charge in [-0.2, -0.15) is 0 Å². The summed E-state index contributed by atoms with van der Waals surface area (Å²) in [5.41, 5.74) is 1.18. The van der Waals surface area contributed by atoms with Crippen LogP contribution >= 0.6 is 0 Å². The number of ether oxygens (including phenoxy) is 1. The fourth-order valence-electron chi connectivity index (χ4n) is 3.47. The van der Waals surface area contributed by atoms with E-state index in [2.05, 4.69) is 10.6 Å². The SMILES string of the molecule is O=C1COc2cc(NC(=O)N3CCC(O)(c4ccccc4)CC3)ccc2N1. The Morgan fingerprint density at radius 3 is 2.63 bits per heavy atom.